The number of carbonyl (C=O) groups excluding carboxylic acids is 1. The number of amides is 1. The molecule has 146 valence electrons. The van der Waals surface area contributed by atoms with E-state index < -0.39 is 0 Å². The van der Waals surface area contributed by atoms with Gasteiger partial charge < -0.3 is 15.8 Å². The topological polar surface area (TPSA) is 67.6 Å². The largest absolute Gasteiger partial charge is 0.380 e. The van der Waals surface area contributed by atoms with Gasteiger partial charge in [0.15, 0.2) is 0 Å². The average molecular weight is 390 g/mol. The van der Waals surface area contributed by atoms with Crippen molar-refractivity contribution in [2.24, 2.45) is 5.73 Å². The molecule has 2 atom stereocenters. The van der Waals surface area contributed by atoms with Crippen molar-refractivity contribution in [3.05, 3.63) is 71.3 Å². The Morgan fingerprint density at radius 1 is 1.11 bits per heavy atom. The predicted molar refractivity (Wildman–Crippen MR) is 110 cm³/mol. The van der Waals surface area contributed by atoms with E-state index in [-0.39, 0.29) is 30.3 Å². The molecule has 0 bridgehead atoms. The molecule has 1 heterocycles. The van der Waals surface area contributed by atoms with Gasteiger partial charge in [-0.15, -0.1) is 12.4 Å². The van der Waals surface area contributed by atoms with Crippen molar-refractivity contribution in [3.8, 4) is 0 Å². The molecule has 0 aliphatic carbocycles. The summed E-state index contributed by atoms with van der Waals surface area (Å²) in [6, 6.07) is 18.4. The van der Waals surface area contributed by atoms with E-state index in [9.17, 15) is 4.79 Å². The molecule has 1 aliphatic rings. The van der Waals surface area contributed by atoms with Crippen LogP contribution in [0.3, 0.4) is 0 Å². The van der Waals surface area contributed by atoms with E-state index in [2.05, 4.69) is 22.3 Å². The van der Waals surface area contributed by atoms with Crippen molar-refractivity contribution >= 4 is 18.3 Å². The number of nitrogens with zero attached hydrogens (tertiary/aromatic N) is 1. The third kappa shape index (κ3) is 5.78. The summed E-state index contributed by atoms with van der Waals surface area (Å²) in [7, 11) is 1.68. The Morgan fingerprint density at radius 2 is 1.78 bits per heavy atom. The van der Waals surface area contributed by atoms with Crippen LogP contribution in [-0.2, 0) is 22.7 Å². The molecule has 1 amide bonds. The van der Waals surface area contributed by atoms with Crippen LogP contribution in [0.25, 0.3) is 0 Å². The van der Waals surface area contributed by atoms with Crippen molar-refractivity contribution in [1.82, 2.24) is 10.2 Å². The first-order valence-corrected chi connectivity index (χ1v) is 9.02. The van der Waals surface area contributed by atoms with Gasteiger partial charge in [-0.3, -0.25) is 9.69 Å². The molecule has 0 spiro atoms. The van der Waals surface area contributed by atoms with E-state index in [0.29, 0.717) is 19.7 Å². The number of halogens is 1. The van der Waals surface area contributed by atoms with Crippen LogP contribution in [-0.4, -0.2) is 43.6 Å². The lowest BCUT2D eigenvalue weighted by Crippen LogP contribution is -2.37. The highest BCUT2D eigenvalue weighted by Gasteiger charge is 2.31. The van der Waals surface area contributed by atoms with Crippen molar-refractivity contribution in [3.63, 3.8) is 0 Å². The molecule has 0 unspecified atom stereocenters. The first-order chi connectivity index (χ1) is 12.7. The summed E-state index contributed by atoms with van der Waals surface area (Å²) >= 11 is 0. The lowest BCUT2D eigenvalue weighted by atomic mass is 9.95. The molecule has 5 nitrogen and oxygen atoms in total. The van der Waals surface area contributed by atoms with Crippen LogP contribution in [0.4, 0.5) is 0 Å². The molecule has 3 N–H and O–H groups in total. The number of methoxy groups -OCH3 is 1. The quantitative estimate of drug-likeness (QED) is 0.762. The first kappa shape index (κ1) is 21.4. The standard InChI is InChI=1S/C21H27N3O2.ClH/c1-26-15-18-10-6-5-9-17(18)11-23-21(25)14-24-12-19(20(22)13-24)16-7-3-2-4-8-16;/h2-10,19-20H,11-15,22H2,1H3,(H,23,25);1H/t19-,20+;/m0./s1. The van der Waals surface area contributed by atoms with Gasteiger partial charge in [0, 0.05) is 38.7 Å². The van der Waals surface area contributed by atoms with Gasteiger partial charge in [-0.25, -0.2) is 0 Å². The maximum atomic E-state index is 12.4. The van der Waals surface area contributed by atoms with Gasteiger partial charge in [0.05, 0.1) is 13.2 Å². The number of hydrogen-bond donors (Lipinski definition) is 2. The minimum absolute atomic E-state index is 0. The molecule has 0 saturated carbocycles. The summed E-state index contributed by atoms with van der Waals surface area (Å²) in [6.45, 7) is 3.00. The zero-order valence-corrected chi connectivity index (χ0v) is 16.5. The fourth-order valence-electron chi connectivity index (χ4n) is 3.57. The minimum atomic E-state index is 0. The molecular formula is C21H28ClN3O2. The van der Waals surface area contributed by atoms with Crippen LogP contribution in [0, 0.1) is 0 Å². The van der Waals surface area contributed by atoms with Crippen LogP contribution in [0.15, 0.2) is 54.6 Å². The molecule has 1 saturated heterocycles. The molecule has 1 fully saturated rings. The fraction of sp³-hybridized carbons (Fsp3) is 0.381. The number of benzene rings is 2. The fourth-order valence-corrected chi connectivity index (χ4v) is 3.57. The second-order valence-corrected chi connectivity index (χ2v) is 6.85. The van der Waals surface area contributed by atoms with Crippen LogP contribution >= 0.6 is 12.4 Å². The third-order valence-electron chi connectivity index (χ3n) is 4.93. The zero-order valence-electron chi connectivity index (χ0n) is 15.6. The predicted octanol–water partition coefficient (Wildman–Crippen LogP) is 2.30. The average Bonchev–Trinajstić information content (AvgIpc) is 3.02. The molecule has 27 heavy (non-hydrogen) atoms. The number of ether oxygens (including phenoxy) is 1. The molecule has 0 radical (unpaired) electrons. The van der Waals surface area contributed by atoms with E-state index >= 15 is 0 Å². The second-order valence-electron chi connectivity index (χ2n) is 6.85. The van der Waals surface area contributed by atoms with Crippen molar-refractivity contribution in [2.45, 2.75) is 25.1 Å². The summed E-state index contributed by atoms with van der Waals surface area (Å²) < 4.78 is 5.21. The van der Waals surface area contributed by atoms with Gasteiger partial charge in [0.2, 0.25) is 5.91 Å². The first-order valence-electron chi connectivity index (χ1n) is 9.02. The van der Waals surface area contributed by atoms with E-state index in [1.54, 1.807) is 7.11 Å². The summed E-state index contributed by atoms with van der Waals surface area (Å²) in [5, 5.41) is 3.02. The Bertz CT molecular complexity index is 726. The van der Waals surface area contributed by atoms with Crippen LogP contribution in [0.5, 0.6) is 0 Å². The van der Waals surface area contributed by atoms with Crippen LogP contribution < -0.4 is 11.1 Å². The lowest BCUT2D eigenvalue weighted by Gasteiger charge is -2.16. The maximum absolute atomic E-state index is 12.4. The molecule has 2 aromatic carbocycles. The normalized spacial score (nSPS) is 19.5. The smallest absolute Gasteiger partial charge is 0.234 e. The summed E-state index contributed by atoms with van der Waals surface area (Å²) in [4.78, 5) is 14.5. The Hall–Kier alpha value is -1.92. The lowest BCUT2D eigenvalue weighted by molar-refractivity contribution is -0.122. The van der Waals surface area contributed by atoms with Gasteiger partial charge >= 0.3 is 0 Å². The summed E-state index contributed by atoms with van der Waals surface area (Å²) in [6.07, 6.45) is 0. The number of rotatable bonds is 7. The van der Waals surface area contributed by atoms with E-state index in [1.807, 2.05) is 42.5 Å². The number of carbonyl (C=O) groups is 1. The number of likely N-dealkylation sites (tertiary alicyclic amines) is 1. The Morgan fingerprint density at radius 3 is 2.48 bits per heavy atom. The SMILES string of the molecule is COCc1ccccc1CNC(=O)CN1C[C@@H](N)[C@H](c2ccccc2)C1.Cl. The number of nitrogens with one attached hydrogen (secondary N) is 1. The number of nitrogens with two attached hydrogens (primary N) is 1. The second kappa shape index (κ2) is 10.4. The Labute approximate surface area is 167 Å². The molecule has 1 aliphatic heterocycles. The van der Waals surface area contributed by atoms with E-state index in [1.165, 1.54) is 5.56 Å². The monoisotopic (exact) mass is 389 g/mol. The highest BCUT2D eigenvalue weighted by atomic mass is 35.5. The van der Waals surface area contributed by atoms with Gasteiger partial charge in [-0.2, -0.15) is 0 Å². The Kier molecular flexibility index (Phi) is 8.25. The van der Waals surface area contributed by atoms with Crippen LogP contribution in [0.1, 0.15) is 22.6 Å². The molecule has 6 heteroatoms. The maximum Gasteiger partial charge on any atom is 0.234 e. The van der Waals surface area contributed by atoms with Crippen LogP contribution in [0.2, 0.25) is 0 Å². The summed E-state index contributed by atoms with van der Waals surface area (Å²) in [5.41, 5.74) is 9.74. The highest BCUT2D eigenvalue weighted by molar-refractivity contribution is 5.85. The summed E-state index contributed by atoms with van der Waals surface area (Å²) in [5.74, 6) is 0.310. The molecule has 3 rings (SSSR count). The molecular weight excluding hydrogens is 362 g/mol. The number of hydrogen-bond acceptors (Lipinski definition) is 4. The van der Waals surface area contributed by atoms with Gasteiger partial charge in [0.25, 0.3) is 0 Å². The van der Waals surface area contributed by atoms with Gasteiger partial charge in [-0.05, 0) is 16.7 Å². The van der Waals surface area contributed by atoms with Crippen molar-refractivity contribution in [1.29, 1.82) is 0 Å². The highest BCUT2D eigenvalue weighted by Crippen LogP contribution is 2.25. The van der Waals surface area contributed by atoms with Crippen molar-refractivity contribution < 1.29 is 9.53 Å². The van der Waals surface area contributed by atoms with Crippen molar-refractivity contribution in [2.75, 3.05) is 26.7 Å². The van der Waals surface area contributed by atoms with E-state index in [0.717, 1.165) is 24.2 Å². The van der Waals surface area contributed by atoms with E-state index in [4.69, 9.17) is 10.5 Å². The Balaban J connectivity index is 0.00000261. The van der Waals surface area contributed by atoms with Gasteiger partial charge in [-0.1, -0.05) is 54.6 Å². The zero-order chi connectivity index (χ0) is 18.4. The van der Waals surface area contributed by atoms with Gasteiger partial charge in [0.1, 0.15) is 0 Å². The minimum Gasteiger partial charge on any atom is -0.380 e. The molecule has 2 aromatic rings. The molecule has 0 aromatic heterocycles. The third-order valence-corrected chi connectivity index (χ3v) is 4.93.